The highest BCUT2D eigenvalue weighted by Gasteiger charge is 2.35. The van der Waals surface area contributed by atoms with Gasteiger partial charge in [-0.1, -0.05) is 30.3 Å². The van der Waals surface area contributed by atoms with Crippen molar-refractivity contribution in [1.29, 1.82) is 0 Å². The highest BCUT2D eigenvalue weighted by molar-refractivity contribution is 7.15. The first kappa shape index (κ1) is 17.8. The fourth-order valence-corrected chi connectivity index (χ4v) is 4.58. The van der Waals surface area contributed by atoms with Crippen LogP contribution in [0.1, 0.15) is 4.88 Å². The summed E-state index contributed by atoms with van der Waals surface area (Å²) < 4.78 is 0. The summed E-state index contributed by atoms with van der Waals surface area (Å²) in [6.07, 6.45) is 0. The topological polar surface area (TPSA) is 15.3 Å². The molecule has 2 aliphatic rings. The molecule has 5 heteroatoms. The fourth-order valence-electron chi connectivity index (χ4n) is 3.52. The lowest BCUT2D eigenvalue weighted by Gasteiger charge is -2.15. The molecule has 1 N–H and O–H groups in total. The van der Waals surface area contributed by atoms with Crippen LogP contribution in [0, 0.1) is 11.8 Å². The molecule has 0 bridgehead atoms. The van der Waals surface area contributed by atoms with Gasteiger partial charge in [-0.25, -0.2) is 0 Å². The van der Waals surface area contributed by atoms with E-state index in [2.05, 4.69) is 52.7 Å². The van der Waals surface area contributed by atoms with Crippen molar-refractivity contribution in [3.63, 3.8) is 0 Å². The van der Waals surface area contributed by atoms with Crippen molar-refractivity contribution < 1.29 is 0 Å². The Morgan fingerprint density at radius 1 is 0.955 bits per heavy atom. The maximum Gasteiger partial charge on any atom is 0.0346 e. The Hall–Kier alpha value is -0.580. The molecule has 0 spiro atoms. The molecule has 1 aromatic heterocycles. The van der Waals surface area contributed by atoms with E-state index < -0.39 is 0 Å². The Morgan fingerprint density at radius 3 is 2.32 bits per heavy atom. The van der Waals surface area contributed by atoms with Gasteiger partial charge in [-0.15, -0.1) is 36.2 Å². The lowest BCUT2D eigenvalue weighted by molar-refractivity contribution is 0.308. The zero-order valence-electron chi connectivity index (χ0n) is 12.4. The van der Waals surface area contributed by atoms with E-state index >= 15 is 0 Å². The van der Waals surface area contributed by atoms with Crippen LogP contribution in [0.15, 0.2) is 42.5 Å². The van der Waals surface area contributed by atoms with Crippen LogP contribution in [-0.4, -0.2) is 31.1 Å². The van der Waals surface area contributed by atoms with E-state index in [0.29, 0.717) is 0 Å². The van der Waals surface area contributed by atoms with Gasteiger partial charge in [-0.05, 0) is 42.6 Å². The second kappa shape index (κ2) is 7.80. The van der Waals surface area contributed by atoms with E-state index in [4.69, 9.17) is 0 Å². The van der Waals surface area contributed by atoms with Crippen molar-refractivity contribution in [1.82, 2.24) is 10.2 Å². The number of nitrogens with one attached hydrogen (secondary N) is 1. The fraction of sp³-hybridized carbons (Fsp3) is 0.412. The summed E-state index contributed by atoms with van der Waals surface area (Å²) in [5.74, 6) is 1.78. The van der Waals surface area contributed by atoms with Crippen LogP contribution in [0.3, 0.4) is 0 Å². The molecule has 0 saturated carbocycles. The van der Waals surface area contributed by atoms with Gasteiger partial charge in [0.2, 0.25) is 0 Å². The van der Waals surface area contributed by atoms with Gasteiger partial charge < -0.3 is 5.32 Å². The highest BCUT2D eigenvalue weighted by Crippen LogP contribution is 2.31. The lowest BCUT2D eigenvalue weighted by Crippen LogP contribution is -2.24. The van der Waals surface area contributed by atoms with Crippen LogP contribution in [0.25, 0.3) is 10.4 Å². The zero-order chi connectivity index (χ0) is 13.4. The zero-order valence-corrected chi connectivity index (χ0v) is 14.9. The molecule has 2 fully saturated rings. The van der Waals surface area contributed by atoms with Crippen LogP contribution >= 0.6 is 36.2 Å². The lowest BCUT2D eigenvalue weighted by atomic mass is 10.0. The summed E-state index contributed by atoms with van der Waals surface area (Å²) in [7, 11) is 0. The van der Waals surface area contributed by atoms with Crippen molar-refractivity contribution in [3.8, 4) is 10.4 Å². The average Bonchev–Trinajstić information content (AvgIpc) is 3.16. The number of hydrogen-bond acceptors (Lipinski definition) is 3. The predicted molar refractivity (Wildman–Crippen MR) is 99.4 cm³/mol. The summed E-state index contributed by atoms with van der Waals surface area (Å²) in [5.41, 5.74) is 1.34. The summed E-state index contributed by atoms with van der Waals surface area (Å²) in [4.78, 5) is 5.52. The van der Waals surface area contributed by atoms with Crippen molar-refractivity contribution in [2.24, 2.45) is 11.8 Å². The molecule has 1 aromatic carbocycles. The van der Waals surface area contributed by atoms with Crippen molar-refractivity contribution in [2.75, 3.05) is 26.2 Å². The van der Waals surface area contributed by atoms with E-state index in [1.54, 1.807) is 0 Å². The molecule has 0 unspecified atom stereocenters. The largest absolute Gasteiger partial charge is 0.316 e. The number of halogens is 2. The van der Waals surface area contributed by atoms with Crippen LogP contribution in [0.2, 0.25) is 0 Å². The third kappa shape index (κ3) is 3.66. The number of hydrogen-bond donors (Lipinski definition) is 1. The van der Waals surface area contributed by atoms with Crippen LogP contribution in [0.5, 0.6) is 0 Å². The number of nitrogens with zero attached hydrogens (tertiary/aromatic N) is 1. The van der Waals surface area contributed by atoms with E-state index in [1.807, 2.05) is 11.3 Å². The third-order valence-corrected chi connectivity index (χ3v) is 5.68. The molecule has 3 heterocycles. The minimum Gasteiger partial charge on any atom is -0.316 e. The Labute approximate surface area is 148 Å². The highest BCUT2D eigenvalue weighted by atomic mass is 35.5. The smallest absolute Gasteiger partial charge is 0.0346 e. The quantitative estimate of drug-likeness (QED) is 0.896. The van der Waals surface area contributed by atoms with Gasteiger partial charge in [0, 0.05) is 29.4 Å². The van der Waals surface area contributed by atoms with E-state index in [0.717, 1.165) is 18.4 Å². The van der Waals surface area contributed by atoms with Crippen LogP contribution in [0.4, 0.5) is 0 Å². The van der Waals surface area contributed by atoms with Crippen LogP contribution in [-0.2, 0) is 6.54 Å². The van der Waals surface area contributed by atoms with E-state index in [1.165, 1.54) is 41.5 Å². The number of likely N-dealkylation sites (tertiary alicyclic amines) is 1. The second-order valence-electron chi connectivity index (χ2n) is 6.00. The molecule has 22 heavy (non-hydrogen) atoms. The molecule has 2 saturated heterocycles. The van der Waals surface area contributed by atoms with Gasteiger partial charge in [-0.3, -0.25) is 4.90 Å². The summed E-state index contributed by atoms with van der Waals surface area (Å²) in [5, 5.41) is 3.51. The molecule has 2 nitrogen and oxygen atoms in total. The maximum absolute atomic E-state index is 3.51. The normalized spacial score (nSPS) is 23.6. The van der Waals surface area contributed by atoms with E-state index in [-0.39, 0.29) is 24.8 Å². The van der Waals surface area contributed by atoms with Crippen molar-refractivity contribution >= 4 is 36.2 Å². The van der Waals surface area contributed by atoms with Crippen molar-refractivity contribution in [2.45, 2.75) is 6.54 Å². The molecule has 120 valence electrons. The predicted octanol–water partition coefficient (Wildman–Crippen LogP) is 3.91. The van der Waals surface area contributed by atoms with Gasteiger partial charge in [0.15, 0.2) is 0 Å². The molecule has 0 radical (unpaired) electrons. The molecular weight excluding hydrogens is 335 g/mol. The monoisotopic (exact) mass is 356 g/mol. The molecular formula is C17H22Cl2N2S. The minimum absolute atomic E-state index is 0. The van der Waals surface area contributed by atoms with Gasteiger partial charge in [0.05, 0.1) is 0 Å². The van der Waals surface area contributed by atoms with Crippen molar-refractivity contribution in [3.05, 3.63) is 47.3 Å². The second-order valence-corrected chi connectivity index (χ2v) is 7.17. The Bertz CT molecular complexity index is 575. The summed E-state index contributed by atoms with van der Waals surface area (Å²) in [6.45, 7) is 6.12. The van der Waals surface area contributed by atoms with Gasteiger partial charge in [-0.2, -0.15) is 0 Å². The third-order valence-electron chi connectivity index (χ3n) is 4.56. The van der Waals surface area contributed by atoms with Gasteiger partial charge in [0.25, 0.3) is 0 Å². The summed E-state index contributed by atoms with van der Waals surface area (Å²) >= 11 is 1.94. The van der Waals surface area contributed by atoms with Crippen LogP contribution < -0.4 is 5.32 Å². The maximum atomic E-state index is 3.51. The standard InChI is InChI=1S/C17H20N2S.2ClH/c1-2-4-13(5-3-1)17-7-6-16(20-17)12-19-10-14-8-18-9-15(14)11-19;;/h1-7,14-15,18H,8-12H2;2*1H/t14-,15+;;. The number of rotatable bonds is 3. The molecule has 2 aromatic rings. The van der Waals surface area contributed by atoms with Gasteiger partial charge >= 0.3 is 0 Å². The molecule has 2 atom stereocenters. The first-order valence-electron chi connectivity index (χ1n) is 7.46. The average molecular weight is 357 g/mol. The number of thiophene rings is 1. The Kier molecular flexibility index (Phi) is 6.30. The molecule has 4 rings (SSSR count). The van der Waals surface area contributed by atoms with E-state index in [9.17, 15) is 0 Å². The molecule has 0 aliphatic carbocycles. The first-order chi connectivity index (χ1) is 9.88. The van der Waals surface area contributed by atoms with Gasteiger partial charge in [0.1, 0.15) is 0 Å². The SMILES string of the molecule is Cl.Cl.c1ccc(-c2ccc(CN3C[C@H]4CNC[C@H]4C3)s2)cc1. The number of fused-ring (bicyclic) bond motifs is 1. The molecule has 2 aliphatic heterocycles. The molecule has 0 amide bonds. The Morgan fingerprint density at radius 2 is 1.64 bits per heavy atom. The minimum atomic E-state index is 0. The first-order valence-corrected chi connectivity index (χ1v) is 8.27. The number of benzene rings is 1. The Balaban J connectivity index is 0.000000882. The summed E-state index contributed by atoms with van der Waals surface area (Å²) in [6, 6.07) is 15.3.